The Kier molecular flexibility index (Phi) is 13.9. The standard InChI is InChI=1S/C32H38F2N4O6S.C2HF3O2/c1-5-44-23-11-12-26(33)24(17-23)30(36-22-9-8-20(18-35)27(34)16-22)31(39)38-14-6-7-28(38)25-15-21(37-32(40)43-4)10-13-29(25)45(41,42)19(2)3;3-2(4,5)1(6)7/h8-13,15-17,19,28,30,36H,5-7,14,18,35H2,1-4H3,(H,37,40);(H,6,7)/t28-,30+;/m1./s1. The predicted molar refractivity (Wildman–Crippen MR) is 180 cm³/mol. The smallest absolute Gasteiger partial charge is 0.490 e. The van der Waals surface area contributed by atoms with E-state index in [-0.39, 0.29) is 40.5 Å². The van der Waals surface area contributed by atoms with Gasteiger partial charge in [-0.25, -0.2) is 26.8 Å². The Morgan fingerprint density at radius 2 is 1.67 bits per heavy atom. The first-order valence-corrected chi connectivity index (χ1v) is 17.4. The van der Waals surface area contributed by atoms with Crippen molar-refractivity contribution in [3.63, 3.8) is 0 Å². The van der Waals surface area contributed by atoms with Gasteiger partial charge in [-0.1, -0.05) is 6.07 Å². The van der Waals surface area contributed by atoms with Gasteiger partial charge in [0.2, 0.25) is 5.91 Å². The number of likely N-dealkylation sites (tertiary alicyclic amines) is 1. The van der Waals surface area contributed by atoms with Crippen molar-refractivity contribution in [1.29, 1.82) is 0 Å². The van der Waals surface area contributed by atoms with E-state index in [1.54, 1.807) is 26.8 Å². The average molecular weight is 759 g/mol. The molecule has 1 aliphatic heterocycles. The molecule has 3 aromatic rings. The lowest BCUT2D eigenvalue weighted by atomic mass is 10.00. The van der Waals surface area contributed by atoms with Gasteiger partial charge in [0.1, 0.15) is 23.4 Å². The number of aliphatic carboxylic acids is 1. The molecule has 0 radical (unpaired) electrons. The van der Waals surface area contributed by atoms with Crippen LogP contribution in [0.25, 0.3) is 0 Å². The number of halogens is 5. The molecule has 5 N–H and O–H groups in total. The van der Waals surface area contributed by atoms with E-state index >= 15 is 4.39 Å². The minimum absolute atomic E-state index is 0.0195. The summed E-state index contributed by atoms with van der Waals surface area (Å²) in [7, 11) is -2.62. The molecule has 2 atom stereocenters. The number of carbonyl (C=O) groups excluding carboxylic acids is 2. The maximum Gasteiger partial charge on any atom is 0.490 e. The van der Waals surface area contributed by atoms with Gasteiger partial charge in [0.05, 0.1) is 29.9 Å². The number of ether oxygens (including phenoxy) is 2. The molecule has 18 heteroatoms. The number of benzene rings is 3. The first kappa shape index (κ1) is 41.5. The van der Waals surface area contributed by atoms with Crippen LogP contribution in [0.3, 0.4) is 0 Å². The van der Waals surface area contributed by atoms with Crippen molar-refractivity contribution in [3.05, 3.63) is 82.9 Å². The number of sulfone groups is 1. The highest BCUT2D eigenvalue weighted by molar-refractivity contribution is 7.92. The number of anilines is 2. The molecule has 3 aromatic carbocycles. The number of nitrogens with two attached hydrogens (primary N) is 1. The third kappa shape index (κ3) is 10.1. The van der Waals surface area contributed by atoms with E-state index in [1.807, 2.05) is 0 Å². The van der Waals surface area contributed by atoms with Crippen molar-refractivity contribution in [1.82, 2.24) is 4.90 Å². The Balaban J connectivity index is 0.000000944. The number of carboxylic acid groups (broad SMARTS) is 1. The summed E-state index contributed by atoms with van der Waals surface area (Å²) < 4.78 is 99.1. The number of alkyl halides is 3. The van der Waals surface area contributed by atoms with Gasteiger partial charge in [-0.3, -0.25) is 10.1 Å². The van der Waals surface area contributed by atoms with Crippen LogP contribution < -0.4 is 21.1 Å². The molecule has 0 saturated carbocycles. The Morgan fingerprint density at radius 3 is 2.23 bits per heavy atom. The normalized spacial score (nSPS) is 15.0. The molecule has 1 saturated heterocycles. The van der Waals surface area contributed by atoms with Crippen molar-refractivity contribution < 1.29 is 59.3 Å². The van der Waals surface area contributed by atoms with Gasteiger partial charge in [-0.15, -0.1) is 0 Å². The van der Waals surface area contributed by atoms with Crippen molar-refractivity contribution in [2.75, 3.05) is 30.9 Å². The summed E-state index contributed by atoms with van der Waals surface area (Å²) in [5.74, 6) is -4.26. The van der Waals surface area contributed by atoms with Crippen molar-refractivity contribution in [2.24, 2.45) is 5.73 Å². The summed E-state index contributed by atoms with van der Waals surface area (Å²) in [5, 5.41) is 11.9. The molecular weight excluding hydrogens is 719 g/mol. The van der Waals surface area contributed by atoms with Crippen LogP contribution in [0.15, 0.2) is 59.5 Å². The maximum absolute atomic E-state index is 15.5. The SMILES string of the molecule is CCOc1ccc(F)c([C@H](Nc2ccc(CN)c(F)c2)C(=O)N2CCC[C@@H]2c2cc(NC(=O)OC)ccc2S(=O)(=O)C(C)C)c1.O=C(O)C(F)(F)F. The van der Waals surface area contributed by atoms with Crippen LogP contribution in [0.2, 0.25) is 0 Å². The molecule has 1 heterocycles. The van der Waals surface area contributed by atoms with E-state index in [1.165, 1.54) is 60.5 Å². The molecule has 284 valence electrons. The van der Waals surface area contributed by atoms with Gasteiger partial charge in [-0.2, -0.15) is 13.2 Å². The van der Waals surface area contributed by atoms with Gasteiger partial charge in [0.15, 0.2) is 9.84 Å². The first-order valence-electron chi connectivity index (χ1n) is 15.9. The van der Waals surface area contributed by atoms with E-state index in [0.29, 0.717) is 30.8 Å². The molecule has 0 spiro atoms. The van der Waals surface area contributed by atoms with Crippen LogP contribution in [0.5, 0.6) is 5.75 Å². The topological polar surface area (TPSA) is 177 Å². The lowest BCUT2D eigenvalue weighted by molar-refractivity contribution is -0.192. The highest BCUT2D eigenvalue weighted by atomic mass is 32.2. The number of rotatable bonds is 11. The second-order valence-corrected chi connectivity index (χ2v) is 14.1. The average Bonchev–Trinajstić information content (AvgIpc) is 3.58. The molecule has 0 unspecified atom stereocenters. The van der Waals surface area contributed by atoms with Crippen LogP contribution in [0, 0.1) is 11.6 Å². The summed E-state index contributed by atoms with van der Waals surface area (Å²) in [5.41, 5.74) is 6.65. The third-order valence-electron chi connectivity index (χ3n) is 7.93. The summed E-state index contributed by atoms with van der Waals surface area (Å²) in [6.07, 6.45) is -4.90. The summed E-state index contributed by atoms with van der Waals surface area (Å²) in [6, 6.07) is 10.6. The van der Waals surface area contributed by atoms with Crippen molar-refractivity contribution in [2.45, 2.75) is 68.6 Å². The Labute approximate surface area is 297 Å². The first-order chi connectivity index (χ1) is 24.3. The predicted octanol–water partition coefficient (Wildman–Crippen LogP) is 6.33. The van der Waals surface area contributed by atoms with Gasteiger partial charge in [0, 0.05) is 35.6 Å². The van der Waals surface area contributed by atoms with Crippen molar-refractivity contribution in [3.8, 4) is 5.75 Å². The van der Waals surface area contributed by atoms with Gasteiger partial charge in [-0.05, 0) is 87.7 Å². The largest absolute Gasteiger partial charge is 0.494 e. The Morgan fingerprint density at radius 1 is 1.02 bits per heavy atom. The van der Waals surface area contributed by atoms with Gasteiger partial charge in [0.25, 0.3) is 0 Å². The maximum atomic E-state index is 15.5. The highest BCUT2D eigenvalue weighted by Gasteiger charge is 2.39. The van der Waals surface area contributed by atoms with E-state index < -0.39 is 63.0 Å². The second kappa shape index (κ2) is 17.5. The molecule has 1 aliphatic rings. The van der Waals surface area contributed by atoms with Crippen LogP contribution in [0.4, 0.5) is 38.1 Å². The minimum Gasteiger partial charge on any atom is -0.494 e. The third-order valence-corrected chi connectivity index (χ3v) is 10.2. The van der Waals surface area contributed by atoms with E-state index in [9.17, 15) is 35.6 Å². The van der Waals surface area contributed by atoms with E-state index in [4.69, 9.17) is 25.1 Å². The molecule has 0 aliphatic carbocycles. The molecule has 1 fully saturated rings. The molecule has 52 heavy (non-hydrogen) atoms. The minimum atomic E-state index is -5.08. The second-order valence-electron chi connectivity index (χ2n) is 11.7. The fourth-order valence-corrected chi connectivity index (χ4v) is 6.62. The summed E-state index contributed by atoms with van der Waals surface area (Å²) in [4.78, 5) is 36.8. The van der Waals surface area contributed by atoms with Crippen LogP contribution in [-0.4, -0.2) is 68.1 Å². The number of hydrogen-bond donors (Lipinski definition) is 4. The van der Waals surface area contributed by atoms with Crippen LogP contribution in [0.1, 0.15) is 62.4 Å². The summed E-state index contributed by atoms with van der Waals surface area (Å²) in [6.45, 7) is 5.40. The van der Waals surface area contributed by atoms with E-state index in [0.717, 1.165) is 0 Å². The lowest BCUT2D eigenvalue weighted by Crippen LogP contribution is -2.38. The number of carboxylic acids is 1. The molecular formula is C34H39F5N4O8S. The fourth-order valence-electron chi connectivity index (χ4n) is 5.33. The molecule has 0 bridgehead atoms. The molecule has 4 rings (SSSR count). The number of amides is 2. The van der Waals surface area contributed by atoms with Crippen LogP contribution in [-0.2, 0) is 30.7 Å². The number of nitrogens with zero attached hydrogens (tertiary/aromatic N) is 1. The Hall–Kier alpha value is -4.97. The number of methoxy groups -OCH3 is 1. The molecule has 0 aromatic heterocycles. The fraction of sp³-hybridized carbons (Fsp3) is 0.382. The van der Waals surface area contributed by atoms with Gasteiger partial charge >= 0.3 is 18.2 Å². The molecule has 12 nitrogen and oxygen atoms in total. The molecule has 2 amide bonds. The number of hydrogen-bond acceptors (Lipinski definition) is 9. The Bertz CT molecular complexity index is 1870. The zero-order chi connectivity index (χ0) is 39.0. The zero-order valence-corrected chi connectivity index (χ0v) is 29.4. The van der Waals surface area contributed by atoms with E-state index in [2.05, 4.69) is 10.6 Å². The zero-order valence-electron chi connectivity index (χ0n) is 28.6. The van der Waals surface area contributed by atoms with Crippen LogP contribution >= 0.6 is 0 Å². The number of carbonyl (C=O) groups is 3. The monoisotopic (exact) mass is 758 g/mol. The lowest BCUT2D eigenvalue weighted by Gasteiger charge is -2.32. The number of nitrogens with one attached hydrogen (secondary N) is 2. The van der Waals surface area contributed by atoms with Crippen molar-refractivity contribution >= 4 is 39.2 Å². The quantitative estimate of drug-likeness (QED) is 0.162. The highest BCUT2D eigenvalue weighted by Crippen LogP contribution is 2.40. The summed E-state index contributed by atoms with van der Waals surface area (Å²) >= 11 is 0. The van der Waals surface area contributed by atoms with Gasteiger partial charge < -0.3 is 30.5 Å².